The van der Waals surface area contributed by atoms with Crippen molar-refractivity contribution in [3.63, 3.8) is 0 Å². The summed E-state index contributed by atoms with van der Waals surface area (Å²) >= 11 is 0. The molecule has 0 N–H and O–H groups in total. The third-order valence-electron chi connectivity index (χ3n) is 6.98. The molecule has 4 rings (SSSR count). The second-order valence-corrected chi connectivity index (χ2v) is 8.18. The summed E-state index contributed by atoms with van der Waals surface area (Å²) in [6.07, 6.45) is 25.0. The van der Waals surface area contributed by atoms with Crippen molar-refractivity contribution in [1.82, 2.24) is 0 Å². The smallest absolute Gasteiger partial charge is 0.358 e. The van der Waals surface area contributed by atoms with Gasteiger partial charge in [0.15, 0.2) is 0 Å². The first kappa shape index (κ1) is 21.9. The molecule has 4 aliphatic carbocycles. The van der Waals surface area contributed by atoms with Crippen LogP contribution < -0.4 is 0 Å². The van der Waals surface area contributed by atoms with Crippen LogP contribution in [0, 0.1) is 55.8 Å². The molecule has 0 amide bonds. The minimum absolute atomic E-state index is 0. The van der Waals surface area contributed by atoms with Gasteiger partial charge in [-0.3, -0.25) is 0 Å². The molecule has 0 aliphatic heterocycles. The molecular weight excluding hydrogens is 367 g/mol. The van der Waals surface area contributed by atoms with Crippen molar-refractivity contribution in [3.8, 4) is 0 Å². The van der Waals surface area contributed by atoms with Crippen LogP contribution in [-0.2, 0) is 26.2 Å². The van der Waals surface area contributed by atoms with E-state index in [0.717, 1.165) is 35.5 Å². The molecule has 0 saturated heterocycles. The van der Waals surface area contributed by atoms with Gasteiger partial charge >= 0.3 is 26.2 Å². The Hall–Kier alpha value is -0.157. The molecule has 0 aromatic rings. The van der Waals surface area contributed by atoms with Crippen LogP contribution in [-0.4, -0.2) is 0 Å². The zero-order valence-corrected chi connectivity index (χ0v) is 18.4. The van der Waals surface area contributed by atoms with E-state index in [0.29, 0.717) is 5.41 Å². The van der Waals surface area contributed by atoms with Crippen molar-refractivity contribution in [2.24, 2.45) is 40.9 Å². The summed E-state index contributed by atoms with van der Waals surface area (Å²) in [6, 6.07) is 0. The Labute approximate surface area is 169 Å². The molecule has 2 saturated carbocycles. The first-order valence-corrected chi connectivity index (χ1v) is 8.89. The van der Waals surface area contributed by atoms with Gasteiger partial charge in [0.05, 0.1) is 0 Å². The van der Waals surface area contributed by atoms with Crippen molar-refractivity contribution < 1.29 is 26.2 Å². The molecule has 0 bridgehead atoms. The molecule has 1 heteroatoms. The van der Waals surface area contributed by atoms with E-state index in [1.807, 2.05) is 0 Å². The predicted molar refractivity (Wildman–Crippen MR) is 103 cm³/mol. The van der Waals surface area contributed by atoms with Crippen LogP contribution in [0.4, 0.5) is 0 Å². The Bertz CT molecular complexity index is 482. The molecular formula is C23H34Zr+2. The molecule has 0 radical (unpaired) electrons. The van der Waals surface area contributed by atoms with Gasteiger partial charge in [-0.05, 0) is 53.8 Å². The van der Waals surface area contributed by atoms with Crippen LogP contribution in [0.3, 0.4) is 0 Å². The van der Waals surface area contributed by atoms with E-state index >= 15 is 0 Å². The molecule has 4 unspecified atom stereocenters. The normalized spacial score (nSPS) is 36.3. The van der Waals surface area contributed by atoms with Gasteiger partial charge in [0.25, 0.3) is 0 Å². The average molecular weight is 402 g/mol. The molecule has 0 nitrogen and oxygen atoms in total. The van der Waals surface area contributed by atoms with Gasteiger partial charge in [0, 0.05) is 0 Å². The molecule has 2 fully saturated rings. The van der Waals surface area contributed by atoms with Gasteiger partial charge in [0.2, 0.25) is 0 Å². The maximum Gasteiger partial charge on any atom is 4.00 e. The summed E-state index contributed by atoms with van der Waals surface area (Å²) < 4.78 is 0. The van der Waals surface area contributed by atoms with Gasteiger partial charge < -0.3 is 14.9 Å². The Kier molecular flexibility index (Phi) is 7.74. The fourth-order valence-electron chi connectivity index (χ4n) is 5.96. The third kappa shape index (κ3) is 3.40. The summed E-state index contributed by atoms with van der Waals surface area (Å²) in [7, 11) is 0. The van der Waals surface area contributed by atoms with E-state index in [1.165, 1.54) is 25.7 Å². The largest absolute Gasteiger partial charge is 4.00 e. The van der Waals surface area contributed by atoms with Gasteiger partial charge in [0.1, 0.15) is 0 Å². The quantitative estimate of drug-likeness (QED) is 0.467. The van der Waals surface area contributed by atoms with Gasteiger partial charge in [-0.2, -0.15) is 0 Å². The van der Waals surface area contributed by atoms with Crippen LogP contribution in [0.15, 0.2) is 48.6 Å². The zero-order valence-electron chi connectivity index (χ0n) is 15.9. The van der Waals surface area contributed by atoms with E-state index in [4.69, 9.17) is 0 Å². The maximum absolute atomic E-state index is 2.57. The molecule has 0 aromatic heterocycles. The second kappa shape index (κ2) is 8.48. The third-order valence-corrected chi connectivity index (χ3v) is 6.98. The number of rotatable bonds is 2. The fraction of sp³-hybridized carbons (Fsp3) is 0.565. The van der Waals surface area contributed by atoms with Crippen molar-refractivity contribution in [2.45, 2.75) is 39.5 Å². The van der Waals surface area contributed by atoms with E-state index in [9.17, 15) is 0 Å². The van der Waals surface area contributed by atoms with Gasteiger partial charge in [-0.1, -0.05) is 75.3 Å². The summed E-state index contributed by atoms with van der Waals surface area (Å²) in [5, 5.41) is 0. The van der Waals surface area contributed by atoms with Crippen LogP contribution in [0.1, 0.15) is 39.5 Å². The summed E-state index contributed by atoms with van der Waals surface area (Å²) in [4.78, 5) is 0. The van der Waals surface area contributed by atoms with Crippen LogP contribution in [0.25, 0.3) is 0 Å². The minimum atomic E-state index is 0. The summed E-state index contributed by atoms with van der Waals surface area (Å²) in [6.45, 7) is 5.15. The van der Waals surface area contributed by atoms with Crippen LogP contribution >= 0.6 is 0 Å². The monoisotopic (exact) mass is 400 g/mol. The molecule has 4 atom stereocenters. The molecule has 4 aliphatic rings. The molecule has 0 spiro atoms. The van der Waals surface area contributed by atoms with Crippen LogP contribution in [0.2, 0.25) is 0 Å². The SMILES string of the molecule is CC(C)(C1CCCC1)C1C2C=CC=CC2C2C=CC=CC21.[CH3-].[CH3-].[Zr+4]. The van der Waals surface area contributed by atoms with E-state index in [1.54, 1.807) is 0 Å². The van der Waals surface area contributed by atoms with Crippen LogP contribution in [0.5, 0.6) is 0 Å². The van der Waals surface area contributed by atoms with Crippen molar-refractivity contribution in [3.05, 3.63) is 63.5 Å². The average Bonchev–Trinajstić information content (AvgIpc) is 3.14. The Morgan fingerprint density at radius 1 is 0.667 bits per heavy atom. The summed E-state index contributed by atoms with van der Waals surface area (Å²) in [5.74, 6) is 4.68. The zero-order chi connectivity index (χ0) is 14.4. The number of hydrogen-bond acceptors (Lipinski definition) is 0. The topological polar surface area (TPSA) is 0 Å². The molecule has 128 valence electrons. The fourth-order valence-corrected chi connectivity index (χ4v) is 5.96. The molecule has 0 heterocycles. The van der Waals surface area contributed by atoms with Crippen molar-refractivity contribution >= 4 is 0 Å². The van der Waals surface area contributed by atoms with E-state index in [2.05, 4.69) is 62.5 Å². The van der Waals surface area contributed by atoms with Gasteiger partial charge in [-0.15, -0.1) is 0 Å². The Balaban J connectivity index is 0.000000960. The molecule has 24 heavy (non-hydrogen) atoms. The number of hydrogen-bond donors (Lipinski definition) is 0. The van der Waals surface area contributed by atoms with Crippen molar-refractivity contribution in [1.29, 1.82) is 0 Å². The molecule has 0 aromatic carbocycles. The maximum atomic E-state index is 2.57. The second-order valence-electron chi connectivity index (χ2n) is 8.18. The standard InChI is InChI=1S/C21H28.2CH3.Zr/c1-21(2,15-9-3-4-10-15)20-18-13-7-5-11-16(18)17-12-6-8-14-19(17)20;;;/h5-8,11-20H,3-4,9-10H2,1-2H3;2*1H3;/q;2*-1;+4. The van der Waals surface area contributed by atoms with Gasteiger partial charge in [-0.25, -0.2) is 0 Å². The first-order valence-electron chi connectivity index (χ1n) is 8.89. The minimum Gasteiger partial charge on any atom is -0.358 e. The Morgan fingerprint density at radius 2 is 1.04 bits per heavy atom. The van der Waals surface area contributed by atoms with E-state index in [-0.39, 0.29) is 41.1 Å². The number of allylic oxidation sites excluding steroid dienone is 8. The van der Waals surface area contributed by atoms with Crippen molar-refractivity contribution in [2.75, 3.05) is 0 Å². The van der Waals surface area contributed by atoms with E-state index < -0.39 is 0 Å². The Morgan fingerprint density at radius 3 is 1.46 bits per heavy atom. The first-order chi connectivity index (χ1) is 10.2. The number of fused-ring (bicyclic) bond motifs is 3. The predicted octanol–water partition coefficient (Wildman–Crippen LogP) is 6.45. The summed E-state index contributed by atoms with van der Waals surface area (Å²) in [5.41, 5.74) is 0.462.